The van der Waals surface area contributed by atoms with Gasteiger partial charge in [0.2, 0.25) is 0 Å². The van der Waals surface area contributed by atoms with Crippen molar-refractivity contribution in [2.75, 3.05) is 0 Å². The highest BCUT2D eigenvalue weighted by Gasteiger charge is 2.17. The largest absolute Gasteiger partial charge is 0.461 e. The van der Waals surface area contributed by atoms with Crippen molar-refractivity contribution in [3.05, 3.63) is 65.8 Å². The highest BCUT2D eigenvalue weighted by atomic mass is 35.5. The van der Waals surface area contributed by atoms with Gasteiger partial charge in [0, 0.05) is 6.54 Å². The van der Waals surface area contributed by atoms with Crippen LogP contribution in [0, 0.1) is 0 Å². The van der Waals surface area contributed by atoms with Crippen LogP contribution < -0.4 is 0 Å². The van der Waals surface area contributed by atoms with Gasteiger partial charge in [-0.25, -0.2) is 15.0 Å². The van der Waals surface area contributed by atoms with Gasteiger partial charge in [0.05, 0.1) is 6.26 Å². The Balaban J connectivity index is 1.80. The second kappa shape index (κ2) is 5.85. The summed E-state index contributed by atoms with van der Waals surface area (Å²) in [5, 5.41) is 0.348. The van der Waals surface area contributed by atoms with Crippen LogP contribution in [-0.2, 0) is 13.0 Å². The number of hydrogen-bond acceptors (Lipinski definition) is 4. The SMILES string of the molecule is Clc1ncnc2c1nc(-c1ccco1)n2CCc1ccccc1. The fraction of sp³-hybridized carbons (Fsp3) is 0.118. The molecule has 0 spiro atoms. The summed E-state index contributed by atoms with van der Waals surface area (Å²) in [7, 11) is 0. The van der Waals surface area contributed by atoms with Crippen molar-refractivity contribution >= 4 is 22.8 Å². The lowest BCUT2D eigenvalue weighted by molar-refractivity contribution is 0.569. The summed E-state index contributed by atoms with van der Waals surface area (Å²) in [5.41, 5.74) is 2.56. The average Bonchev–Trinajstić information content (AvgIpc) is 3.22. The van der Waals surface area contributed by atoms with E-state index in [0.29, 0.717) is 27.9 Å². The Kier molecular flexibility index (Phi) is 3.55. The zero-order valence-corrected chi connectivity index (χ0v) is 12.9. The van der Waals surface area contributed by atoms with Crippen LogP contribution in [0.1, 0.15) is 5.56 Å². The number of nitrogens with zero attached hydrogens (tertiary/aromatic N) is 4. The monoisotopic (exact) mass is 324 g/mol. The Morgan fingerprint density at radius 3 is 2.70 bits per heavy atom. The van der Waals surface area contributed by atoms with Crippen LogP contribution in [0.2, 0.25) is 5.15 Å². The lowest BCUT2D eigenvalue weighted by Crippen LogP contribution is -2.04. The Morgan fingerprint density at radius 2 is 1.91 bits per heavy atom. The molecule has 0 bridgehead atoms. The number of rotatable bonds is 4. The predicted molar refractivity (Wildman–Crippen MR) is 88.2 cm³/mol. The van der Waals surface area contributed by atoms with Gasteiger partial charge in [-0.15, -0.1) is 0 Å². The van der Waals surface area contributed by atoms with Crippen LogP contribution in [0.3, 0.4) is 0 Å². The van der Waals surface area contributed by atoms with Crippen LogP contribution in [0.25, 0.3) is 22.7 Å². The molecule has 3 aromatic heterocycles. The van der Waals surface area contributed by atoms with E-state index in [1.807, 2.05) is 34.9 Å². The van der Waals surface area contributed by atoms with Crippen LogP contribution in [0.15, 0.2) is 59.5 Å². The van der Waals surface area contributed by atoms with Gasteiger partial charge in [0.15, 0.2) is 22.4 Å². The van der Waals surface area contributed by atoms with E-state index in [9.17, 15) is 0 Å². The van der Waals surface area contributed by atoms with E-state index in [2.05, 4.69) is 27.1 Å². The molecule has 114 valence electrons. The molecule has 23 heavy (non-hydrogen) atoms. The molecule has 0 atom stereocenters. The molecule has 3 heterocycles. The number of halogens is 1. The van der Waals surface area contributed by atoms with Gasteiger partial charge in [0.1, 0.15) is 11.8 Å². The van der Waals surface area contributed by atoms with E-state index in [1.54, 1.807) is 6.26 Å². The number of fused-ring (bicyclic) bond motifs is 1. The zero-order chi connectivity index (χ0) is 15.6. The Morgan fingerprint density at radius 1 is 1.04 bits per heavy atom. The first-order valence-corrected chi connectivity index (χ1v) is 7.65. The van der Waals surface area contributed by atoms with Gasteiger partial charge >= 0.3 is 0 Å². The fourth-order valence-corrected chi connectivity index (χ4v) is 2.77. The number of aryl methyl sites for hydroxylation is 2. The van der Waals surface area contributed by atoms with Gasteiger partial charge in [-0.05, 0) is 24.1 Å². The van der Waals surface area contributed by atoms with E-state index >= 15 is 0 Å². The highest BCUT2D eigenvalue weighted by molar-refractivity contribution is 6.33. The minimum absolute atomic E-state index is 0.348. The quantitative estimate of drug-likeness (QED) is 0.533. The van der Waals surface area contributed by atoms with Crippen molar-refractivity contribution in [2.45, 2.75) is 13.0 Å². The van der Waals surface area contributed by atoms with Crippen molar-refractivity contribution in [2.24, 2.45) is 0 Å². The van der Waals surface area contributed by atoms with Crippen LogP contribution in [0.5, 0.6) is 0 Å². The molecular weight excluding hydrogens is 312 g/mol. The van der Waals surface area contributed by atoms with Crippen molar-refractivity contribution in [1.82, 2.24) is 19.5 Å². The number of furan rings is 1. The molecule has 6 heteroatoms. The molecule has 0 unspecified atom stereocenters. The molecule has 0 aliphatic rings. The third-order valence-electron chi connectivity index (χ3n) is 3.70. The number of hydrogen-bond donors (Lipinski definition) is 0. The smallest absolute Gasteiger partial charge is 0.178 e. The molecule has 0 fully saturated rings. The molecule has 4 aromatic rings. The third-order valence-corrected chi connectivity index (χ3v) is 3.97. The molecule has 5 nitrogen and oxygen atoms in total. The molecular formula is C17H13ClN4O. The number of imidazole rings is 1. The summed E-state index contributed by atoms with van der Waals surface area (Å²) in [5.74, 6) is 1.40. The Bertz CT molecular complexity index is 932. The summed E-state index contributed by atoms with van der Waals surface area (Å²) < 4.78 is 7.53. The second-order valence-corrected chi connectivity index (χ2v) is 5.49. The molecule has 0 aliphatic heterocycles. The third kappa shape index (κ3) is 2.59. The van der Waals surface area contributed by atoms with Gasteiger partial charge in [0.25, 0.3) is 0 Å². The highest BCUT2D eigenvalue weighted by Crippen LogP contribution is 2.27. The minimum Gasteiger partial charge on any atom is -0.461 e. The molecule has 4 rings (SSSR count). The fourth-order valence-electron chi connectivity index (χ4n) is 2.60. The maximum Gasteiger partial charge on any atom is 0.178 e. The van der Waals surface area contributed by atoms with Crippen molar-refractivity contribution in [3.63, 3.8) is 0 Å². The number of benzene rings is 1. The van der Waals surface area contributed by atoms with Gasteiger partial charge in [-0.1, -0.05) is 41.9 Å². The van der Waals surface area contributed by atoms with Crippen LogP contribution >= 0.6 is 11.6 Å². The Labute approximate surface area is 137 Å². The van der Waals surface area contributed by atoms with Gasteiger partial charge < -0.3 is 8.98 Å². The van der Waals surface area contributed by atoms with Crippen molar-refractivity contribution in [1.29, 1.82) is 0 Å². The lowest BCUT2D eigenvalue weighted by atomic mass is 10.1. The maximum atomic E-state index is 6.16. The average molecular weight is 325 g/mol. The van der Waals surface area contributed by atoms with E-state index in [4.69, 9.17) is 16.0 Å². The molecule has 0 saturated carbocycles. The summed E-state index contributed by atoms with van der Waals surface area (Å²) in [4.78, 5) is 12.9. The zero-order valence-electron chi connectivity index (χ0n) is 12.2. The first-order valence-electron chi connectivity index (χ1n) is 7.27. The normalized spacial score (nSPS) is 11.2. The standard InChI is InChI=1S/C17H13ClN4O/c18-15-14-17(20-11-19-15)22(9-8-12-5-2-1-3-6-12)16(21-14)13-7-4-10-23-13/h1-7,10-11H,8-9H2. The molecule has 0 amide bonds. The first-order chi connectivity index (χ1) is 11.3. The maximum absolute atomic E-state index is 6.16. The lowest BCUT2D eigenvalue weighted by Gasteiger charge is -2.07. The molecule has 0 saturated heterocycles. The van der Waals surface area contributed by atoms with E-state index < -0.39 is 0 Å². The summed E-state index contributed by atoms with van der Waals surface area (Å²) in [6, 6.07) is 14.0. The van der Waals surface area contributed by atoms with E-state index in [1.165, 1.54) is 11.9 Å². The van der Waals surface area contributed by atoms with Crippen molar-refractivity contribution in [3.8, 4) is 11.6 Å². The summed E-state index contributed by atoms with van der Waals surface area (Å²) in [6.07, 6.45) is 3.95. The van der Waals surface area contributed by atoms with Gasteiger partial charge in [-0.3, -0.25) is 0 Å². The molecule has 0 radical (unpaired) electrons. The van der Waals surface area contributed by atoms with Gasteiger partial charge in [-0.2, -0.15) is 0 Å². The second-order valence-electron chi connectivity index (χ2n) is 5.14. The number of aromatic nitrogens is 4. The topological polar surface area (TPSA) is 56.7 Å². The molecule has 0 N–H and O–H groups in total. The molecule has 0 aliphatic carbocycles. The predicted octanol–water partition coefficient (Wildman–Crippen LogP) is 3.98. The Hall–Kier alpha value is -2.66. The summed E-state index contributed by atoms with van der Waals surface area (Å²) in [6.45, 7) is 0.726. The first kappa shape index (κ1) is 14.0. The van der Waals surface area contributed by atoms with Crippen LogP contribution in [-0.4, -0.2) is 19.5 Å². The molecule has 1 aromatic carbocycles. The van der Waals surface area contributed by atoms with E-state index in [-0.39, 0.29) is 0 Å². The van der Waals surface area contributed by atoms with Crippen molar-refractivity contribution < 1.29 is 4.42 Å². The van der Waals surface area contributed by atoms with Crippen LogP contribution in [0.4, 0.5) is 0 Å². The summed E-state index contributed by atoms with van der Waals surface area (Å²) >= 11 is 6.16. The van der Waals surface area contributed by atoms with E-state index in [0.717, 1.165) is 13.0 Å². The minimum atomic E-state index is 0.348.